The monoisotopic (exact) mass is 493 g/mol. The van der Waals surface area contributed by atoms with E-state index in [0.29, 0.717) is 6.42 Å². The van der Waals surface area contributed by atoms with Crippen molar-refractivity contribution in [1.29, 1.82) is 0 Å². The normalized spacial score (nSPS) is 26.4. The van der Waals surface area contributed by atoms with Crippen LogP contribution in [0.5, 0.6) is 0 Å². The molecule has 0 radical (unpaired) electrons. The van der Waals surface area contributed by atoms with Crippen molar-refractivity contribution in [3.63, 3.8) is 0 Å². The summed E-state index contributed by atoms with van der Waals surface area (Å²) in [6, 6.07) is 1.40. The van der Waals surface area contributed by atoms with Crippen LogP contribution in [0.4, 0.5) is 5.82 Å². The van der Waals surface area contributed by atoms with E-state index in [1.807, 2.05) is 13.8 Å². The first kappa shape index (κ1) is 25.3. The third-order valence-corrected chi connectivity index (χ3v) is 7.92. The number of phosphoric ester groups is 1. The molecule has 0 bridgehead atoms. The lowest BCUT2D eigenvalue weighted by Gasteiger charge is -2.22. The molecule has 1 aliphatic rings. The zero-order chi connectivity index (χ0) is 22.9. The second-order valence-corrected chi connectivity index (χ2v) is 11.1. The van der Waals surface area contributed by atoms with Crippen molar-refractivity contribution in [2.75, 3.05) is 12.3 Å². The zero-order valence-electron chi connectivity index (χ0n) is 15.7. The lowest BCUT2D eigenvalue weighted by molar-refractivity contribution is -0.0353. The van der Waals surface area contributed by atoms with Crippen molar-refractivity contribution < 1.29 is 51.2 Å². The minimum Gasteiger partial charge on any atom is -0.383 e. The molecule has 2 heterocycles. The van der Waals surface area contributed by atoms with E-state index in [0.717, 1.165) is 0 Å². The highest BCUT2D eigenvalue weighted by atomic mass is 31.3. The number of rotatable bonds is 9. The second kappa shape index (κ2) is 9.27. The Hall–Kier alpha value is -0.950. The summed E-state index contributed by atoms with van der Waals surface area (Å²) in [5.41, 5.74) is 4.80. The van der Waals surface area contributed by atoms with E-state index in [1.54, 1.807) is 0 Å². The van der Waals surface area contributed by atoms with Gasteiger partial charge < -0.3 is 30.0 Å². The summed E-state index contributed by atoms with van der Waals surface area (Å²) >= 11 is 0. The van der Waals surface area contributed by atoms with E-state index in [-0.39, 0.29) is 17.7 Å². The van der Waals surface area contributed by atoms with Crippen molar-refractivity contribution >= 4 is 29.3 Å². The highest BCUT2D eigenvalue weighted by molar-refractivity contribution is 7.66. The molecule has 1 fully saturated rings. The third kappa shape index (κ3) is 7.33. The van der Waals surface area contributed by atoms with E-state index >= 15 is 0 Å². The maximum atomic E-state index is 12.0. The van der Waals surface area contributed by atoms with Crippen LogP contribution in [0, 0.1) is 11.8 Å². The van der Waals surface area contributed by atoms with E-state index in [1.165, 1.54) is 16.8 Å². The van der Waals surface area contributed by atoms with Gasteiger partial charge in [0, 0.05) is 6.20 Å². The lowest BCUT2D eigenvalue weighted by Crippen LogP contribution is -2.28. The molecular weight excluding hydrogens is 471 g/mol. The summed E-state index contributed by atoms with van der Waals surface area (Å²) in [6.07, 6.45) is 0.113. The number of aromatic nitrogens is 2. The van der Waals surface area contributed by atoms with Gasteiger partial charge in [0.15, 0.2) is 0 Å². The molecule has 0 saturated carbocycles. The Morgan fingerprint density at radius 2 is 1.87 bits per heavy atom. The van der Waals surface area contributed by atoms with Crippen LogP contribution < -0.4 is 11.4 Å². The molecule has 1 aromatic rings. The van der Waals surface area contributed by atoms with Crippen LogP contribution in [0.2, 0.25) is 0 Å². The minimum atomic E-state index is -5.61. The topological polar surface area (TPSA) is 230 Å². The highest BCUT2D eigenvalue weighted by Gasteiger charge is 2.43. The quantitative estimate of drug-likeness (QED) is 0.299. The van der Waals surface area contributed by atoms with E-state index < -0.39 is 48.1 Å². The number of nitrogens with zero attached hydrogens (tertiary/aromatic N) is 2. The number of hydrogen-bond acceptors (Lipinski definition) is 10. The molecule has 1 aliphatic heterocycles. The molecular formula is C12H22N3O12P3. The van der Waals surface area contributed by atoms with E-state index in [4.69, 9.17) is 20.3 Å². The van der Waals surface area contributed by atoms with Gasteiger partial charge >= 0.3 is 29.2 Å². The SMILES string of the molecule is CC(C)C1CC(n2ccc(N)nc2=O)OC1COP(=O)(O)OP(=O)(O)OP(=O)(O)O. The standard InChI is InChI=1S/C12H22N3O12P3/c1-7(2)8-5-11(15-4-3-10(13)14-12(15)16)25-9(8)6-24-29(20,21)27-30(22,23)26-28(17,18)19/h3-4,7-9,11H,5-6H2,1-2H3,(H,20,21)(H,22,23)(H2,13,14,16)(H2,17,18,19). The van der Waals surface area contributed by atoms with E-state index in [2.05, 4.69) is 18.1 Å². The fraction of sp³-hybridized carbons (Fsp3) is 0.667. The number of nitrogens with two attached hydrogens (primary N) is 1. The number of ether oxygens (including phenoxy) is 1. The van der Waals surface area contributed by atoms with Gasteiger partial charge in [-0.25, -0.2) is 18.5 Å². The summed E-state index contributed by atoms with van der Waals surface area (Å²) in [6.45, 7) is 3.09. The first-order valence-corrected chi connectivity index (χ1v) is 12.9. The van der Waals surface area contributed by atoms with Crippen molar-refractivity contribution in [3.05, 3.63) is 22.7 Å². The second-order valence-electron chi connectivity index (χ2n) is 6.70. The van der Waals surface area contributed by atoms with Gasteiger partial charge in [-0.15, -0.1) is 0 Å². The summed E-state index contributed by atoms with van der Waals surface area (Å²) < 4.78 is 52.8. The van der Waals surface area contributed by atoms with Crippen LogP contribution in [0.25, 0.3) is 0 Å². The van der Waals surface area contributed by atoms with Gasteiger partial charge in [0.05, 0.1) is 12.7 Å². The van der Waals surface area contributed by atoms with Crippen LogP contribution >= 0.6 is 23.5 Å². The van der Waals surface area contributed by atoms with Crippen molar-refractivity contribution in [1.82, 2.24) is 9.55 Å². The summed E-state index contributed by atoms with van der Waals surface area (Å²) in [7, 11) is -16.4. The molecule has 15 nitrogen and oxygen atoms in total. The van der Waals surface area contributed by atoms with Gasteiger partial charge in [0.25, 0.3) is 0 Å². The molecule has 0 amide bonds. The summed E-state index contributed by atoms with van der Waals surface area (Å²) in [5.74, 6) is -0.243. The molecule has 1 saturated heterocycles. The lowest BCUT2D eigenvalue weighted by atomic mass is 9.89. The van der Waals surface area contributed by atoms with Crippen molar-refractivity contribution in [2.24, 2.45) is 11.8 Å². The minimum absolute atomic E-state index is 0.0121. The maximum absolute atomic E-state index is 12.0. The molecule has 0 aromatic carbocycles. The van der Waals surface area contributed by atoms with E-state index in [9.17, 15) is 28.3 Å². The first-order chi connectivity index (χ1) is 13.6. The molecule has 1 aromatic heterocycles. The average Bonchev–Trinajstić information content (AvgIpc) is 2.93. The Morgan fingerprint density at radius 3 is 2.40 bits per heavy atom. The van der Waals surface area contributed by atoms with Crippen molar-refractivity contribution in [3.8, 4) is 0 Å². The van der Waals surface area contributed by atoms with Gasteiger partial charge in [-0.3, -0.25) is 9.09 Å². The first-order valence-electron chi connectivity index (χ1n) is 8.37. The molecule has 0 aliphatic carbocycles. The third-order valence-electron chi connectivity index (χ3n) is 4.12. The fourth-order valence-electron chi connectivity index (χ4n) is 2.90. The molecule has 2 rings (SSSR count). The van der Waals surface area contributed by atoms with Crippen LogP contribution in [-0.4, -0.2) is 41.8 Å². The Bertz CT molecular complexity index is 961. The average molecular weight is 493 g/mol. The molecule has 0 spiro atoms. The number of hydrogen-bond donors (Lipinski definition) is 5. The van der Waals surface area contributed by atoms with Crippen molar-refractivity contribution in [2.45, 2.75) is 32.6 Å². The maximum Gasteiger partial charge on any atom is 0.490 e. The number of anilines is 1. The Morgan fingerprint density at radius 1 is 1.23 bits per heavy atom. The Kier molecular flexibility index (Phi) is 7.82. The predicted octanol–water partition coefficient (Wildman–Crippen LogP) is 0.728. The Balaban J connectivity index is 2.08. The molecule has 172 valence electrons. The predicted molar refractivity (Wildman–Crippen MR) is 99.6 cm³/mol. The van der Waals surface area contributed by atoms with Gasteiger partial charge in [-0.05, 0) is 24.3 Å². The van der Waals surface area contributed by atoms with Crippen LogP contribution in [0.1, 0.15) is 26.5 Å². The van der Waals surface area contributed by atoms with Crippen LogP contribution in [0.3, 0.4) is 0 Å². The Labute approximate surface area is 170 Å². The molecule has 30 heavy (non-hydrogen) atoms. The van der Waals surface area contributed by atoms with Gasteiger partial charge in [0.2, 0.25) is 0 Å². The van der Waals surface area contributed by atoms with Crippen LogP contribution in [-0.2, 0) is 31.6 Å². The number of nitrogen functional groups attached to an aromatic ring is 1. The molecule has 18 heteroatoms. The largest absolute Gasteiger partial charge is 0.490 e. The number of phosphoric acid groups is 3. The zero-order valence-corrected chi connectivity index (χ0v) is 18.4. The van der Waals surface area contributed by atoms with Crippen LogP contribution in [0.15, 0.2) is 17.1 Å². The molecule has 5 unspecified atom stereocenters. The summed E-state index contributed by atoms with van der Waals surface area (Å²) in [4.78, 5) is 51.5. The fourth-order valence-corrected chi connectivity index (χ4v) is 5.93. The highest BCUT2D eigenvalue weighted by Crippen LogP contribution is 2.66. The molecule has 6 N–H and O–H groups in total. The molecule has 5 atom stereocenters. The van der Waals surface area contributed by atoms with Gasteiger partial charge in [0.1, 0.15) is 12.0 Å². The van der Waals surface area contributed by atoms with Gasteiger partial charge in [-0.2, -0.15) is 13.6 Å². The van der Waals surface area contributed by atoms with Gasteiger partial charge in [-0.1, -0.05) is 13.8 Å². The summed E-state index contributed by atoms with van der Waals surface area (Å²) in [5, 5.41) is 0. The smallest absolute Gasteiger partial charge is 0.383 e.